The fraction of sp³-hybridized carbons (Fsp3) is 0.750. The number of rotatable bonds is 9. The molecule has 1 rings (SSSR count). The van der Waals surface area contributed by atoms with Crippen LogP contribution in [0.1, 0.15) is 51.1 Å². The molecule has 86 valence electrons. The average molecular weight is 210 g/mol. The van der Waals surface area contributed by atoms with E-state index in [9.17, 15) is 0 Å². The van der Waals surface area contributed by atoms with Crippen molar-refractivity contribution >= 4 is 0 Å². The molecular formula is C12H22N2O. The Kier molecular flexibility index (Phi) is 6.92. The van der Waals surface area contributed by atoms with Gasteiger partial charge in [-0.15, -0.1) is 0 Å². The molecule has 0 bridgehead atoms. The summed E-state index contributed by atoms with van der Waals surface area (Å²) in [5, 5.41) is 7.19. The molecule has 0 saturated heterocycles. The molecule has 0 unspecified atom stereocenters. The molecule has 0 aliphatic carbocycles. The van der Waals surface area contributed by atoms with Gasteiger partial charge in [0.1, 0.15) is 6.26 Å². The van der Waals surface area contributed by atoms with Crippen LogP contribution in [-0.2, 0) is 6.54 Å². The Labute approximate surface area is 92.2 Å². The topological polar surface area (TPSA) is 38.1 Å². The molecule has 0 aliphatic heterocycles. The summed E-state index contributed by atoms with van der Waals surface area (Å²) in [4.78, 5) is 0. The molecule has 0 saturated carbocycles. The lowest BCUT2D eigenvalue weighted by Gasteiger charge is -2.02. The molecule has 0 aromatic carbocycles. The van der Waals surface area contributed by atoms with Gasteiger partial charge < -0.3 is 9.84 Å². The maximum atomic E-state index is 4.75. The average Bonchev–Trinajstić information content (AvgIpc) is 2.75. The van der Waals surface area contributed by atoms with E-state index in [4.69, 9.17) is 4.52 Å². The third-order valence-electron chi connectivity index (χ3n) is 2.50. The first kappa shape index (κ1) is 12.2. The second-order valence-electron chi connectivity index (χ2n) is 3.94. The van der Waals surface area contributed by atoms with Crippen LogP contribution in [0.4, 0.5) is 0 Å². The first-order valence-electron chi connectivity index (χ1n) is 6.03. The SMILES string of the molecule is CCCCCCCCNCc1ccon1. The zero-order chi connectivity index (χ0) is 10.8. The second kappa shape index (κ2) is 8.48. The van der Waals surface area contributed by atoms with E-state index in [0.717, 1.165) is 18.8 Å². The van der Waals surface area contributed by atoms with Gasteiger partial charge >= 0.3 is 0 Å². The van der Waals surface area contributed by atoms with Crippen molar-refractivity contribution in [2.75, 3.05) is 6.54 Å². The van der Waals surface area contributed by atoms with Crippen molar-refractivity contribution in [3.8, 4) is 0 Å². The summed E-state index contributed by atoms with van der Waals surface area (Å²) in [6.07, 6.45) is 9.69. The Morgan fingerprint density at radius 2 is 2.00 bits per heavy atom. The highest BCUT2D eigenvalue weighted by Crippen LogP contribution is 2.04. The highest BCUT2D eigenvalue weighted by Gasteiger charge is 1.94. The van der Waals surface area contributed by atoms with Gasteiger partial charge in [0, 0.05) is 12.6 Å². The molecule has 0 atom stereocenters. The van der Waals surface area contributed by atoms with Gasteiger partial charge in [-0.2, -0.15) is 0 Å². The largest absolute Gasteiger partial charge is 0.364 e. The van der Waals surface area contributed by atoms with Gasteiger partial charge in [-0.1, -0.05) is 44.2 Å². The van der Waals surface area contributed by atoms with E-state index < -0.39 is 0 Å². The van der Waals surface area contributed by atoms with Crippen LogP contribution in [0.3, 0.4) is 0 Å². The van der Waals surface area contributed by atoms with E-state index in [1.165, 1.54) is 38.5 Å². The molecule has 3 heteroatoms. The molecule has 3 nitrogen and oxygen atoms in total. The van der Waals surface area contributed by atoms with E-state index in [2.05, 4.69) is 17.4 Å². The van der Waals surface area contributed by atoms with Crippen LogP contribution >= 0.6 is 0 Å². The maximum Gasteiger partial charge on any atom is 0.124 e. The van der Waals surface area contributed by atoms with E-state index in [1.807, 2.05) is 6.07 Å². The van der Waals surface area contributed by atoms with Crippen molar-refractivity contribution in [3.63, 3.8) is 0 Å². The van der Waals surface area contributed by atoms with E-state index >= 15 is 0 Å². The highest BCUT2D eigenvalue weighted by molar-refractivity contribution is 4.93. The van der Waals surface area contributed by atoms with Crippen LogP contribution in [0.15, 0.2) is 16.9 Å². The molecule has 1 aromatic heterocycles. The molecule has 1 heterocycles. The first-order chi connectivity index (χ1) is 7.43. The summed E-state index contributed by atoms with van der Waals surface area (Å²) in [7, 11) is 0. The lowest BCUT2D eigenvalue weighted by atomic mass is 10.1. The molecule has 1 aromatic rings. The Hall–Kier alpha value is -0.830. The minimum absolute atomic E-state index is 0.825. The number of aromatic nitrogens is 1. The van der Waals surface area contributed by atoms with Crippen molar-refractivity contribution < 1.29 is 4.52 Å². The second-order valence-corrected chi connectivity index (χ2v) is 3.94. The van der Waals surface area contributed by atoms with Gasteiger partial charge in [0.05, 0.1) is 5.69 Å². The lowest BCUT2D eigenvalue weighted by Crippen LogP contribution is -2.14. The number of hydrogen-bond acceptors (Lipinski definition) is 3. The predicted octanol–water partition coefficient (Wildman–Crippen LogP) is 3.12. The normalized spacial score (nSPS) is 10.7. The van der Waals surface area contributed by atoms with Crippen LogP contribution in [-0.4, -0.2) is 11.7 Å². The fourth-order valence-electron chi connectivity index (χ4n) is 1.58. The lowest BCUT2D eigenvalue weighted by molar-refractivity contribution is 0.408. The van der Waals surface area contributed by atoms with E-state index in [-0.39, 0.29) is 0 Å². The van der Waals surface area contributed by atoms with Crippen molar-refractivity contribution in [1.82, 2.24) is 10.5 Å². The standard InChI is InChI=1S/C12H22N2O/c1-2-3-4-5-6-7-9-13-11-12-8-10-15-14-12/h8,10,13H,2-7,9,11H2,1H3. The quantitative estimate of drug-likeness (QED) is 0.636. The summed E-state index contributed by atoms with van der Waals surface area (Å²) >= 11 is 0. The van der Waals surface area contributed by atoms with Crippen LogP contribution in [0.2, 0.25) is 0 Å². The van der Waals surface area contributed by atoms with Crippen molar-refractivity contribution in [1.29, 1.82) is 0 Å². The van der Waals surface area contributed by atoms with Gasteiger partial charge in [-0.3, -0.25) is 0 Å². The van der Waals surface area contributed by atoms with Crippen LogP contribution in [0.5, 0.6) is 0 Å². The molecule has 0 fully saturated rings. The third-order valence-corrected chi connectivity index (χ3v) is 2.50. The Bertz CT molecular complexity index is 222. The summed E-state index contributed by atoms with van der Waals surface area (Å²) in [5.41, 5.74) is 0.987. The molecule has 0 spiro atoms. The van der Waals surface area contributed by atoms with Crippen LogP contribution < -0.4 is 5.32 Å². The van der Waals surface area contributed by atoms with Gasteiger partial charge in [-0.25, -0.2) is 0 Å². The maximum absolute atomic E-state index is 4.75. The minimum Gasteiger partial charge on any atom is -0.364 e. The van der Waals surface area contributed by atoms with E-state index in [1.54, 1.807) is 6.26 Å². The third kappa shape index (κ3) is 6.28. The van der Waals surface area contributed by atoms with Crippen LogP contribution in [0.25, 0.3) is 0 Å². The van der Waals surface area contributed by atoms with Crippen molar-refractivity contribution in [2.24, 2.45) is 0 Å². The minimum atomic E-state index is 0.825. The zero-order valence-electron chi connectivity index (χ0n) is 9.67. The van der Waals surface area contributed by atoms with Crippen molar-refractivity contribution in [3.05, 3.63) is 18.0 Å². The zero-order valence-corrected chi connectivity index (χ0v) is 9.67. The highest BCUT2D eigenvalue weighted by atomic mass is 16.5. The molecule has 1 N–H and O–H groups in total. The van der Waals surface area contributed by atoms with Gasteiger partial charge in [0.15, 0.2) is 0 Å². The van der Waals surface area contributed by atoms with Crippen LogP contribution in [0, 0.1) is 0 Å². The Morgan fingerprint density at radius 1 is 1.20 bits per heavy atom. The molecular weight excluding hydrogens is 188 g/mol. The van der Waals surface area contributed by atoms with E-state index in [0.29, 0.717) is 0 Å². The number of hydrogen-bond donors (Lipinski definition) is 1. The smallest absolute Gasteiger partial charge is 0.124 e. The predicted molar refractivity (Wildman–Crippen MR) is 61.6 cm³/mol. The molecule has 0 aliphatic rings. The summed E-state index contributed by atoms with van der Waals surface area (Å²) in [6.45, 7) is 4.16. The number of nitrogens with zero attached hydrogens (tertiary/aromatic N) is 1. The van der Waals surface area contributed by atoms with Gasteiger partial charge in [0.2, 0.25) is 0 Å². The van der Waals surface area contributed by atoms with Crippen molar-refractivity contribution in [2.45, 2.75) is 52.0 Å². The monoisotopic (exact) mass is 210 g/mol. The Morgan fingerprint density at radius 3 is 2.73 bits per heavy atom. The van der Waals surface area contributed by atoms with Gasteiger partial charge in [-0.05, 0) is 13.0 Å². The number of nitrogens with one attached hydrogen (secondary N) is 1. The molecule has 15 heavy (non-hydrogen) atoms. The summed E-state index contributed by atoms with van der Waals surface area (Å²) in [5.74, 6) is 0. The molecule has 0 radical (unpaired) electrons. The fourth-order valence-corrected chi connectivity index (χ4v) is 1.58. The molecule has 0 amide bonds. The summed E-state index contributed by atoms with van der Waals surface area (Å²) < 4.78 is 4.75. The van der Waals surface area contributed by atoms with Gasteiger partial charge in [0.25, 0.3) is 0 Å². The first-order valence-corrected chi connectivity index (χ1v) is 6.03. The number of unbranched alkanes of at least 4 members (excludes halogenated alkanes) is 5. The summed E-state index contributed by atoms with van der Waals surface area (Å²) in [6, 6.07) is 1.90. The Balaban J connectivity index is 1.81.